The Balaban J connectivity index is 2.25. The molecule has 0 unspecified atom stereocenters. The van der Waals surface area contributed by atoms with Crippen molar-refractivity contribution in [1.82, 2.24) is 5.32 Å². The van der Waals surface area contributed by atoms with E-state index in [-0.39, 0.29) is 0 Å². The molecule has 2 heteroatoms. The van der Waals surface area contributed by atoms with Gasteiger partial charge in [-0.1, -0.05) is 0 Å². The Morgan fingerprint density at radius 3 is 2.90 bits per heavy atom. The van der Waals surface area contributed by atoms with Gasteiger partial charge in [-0.15, -0.1) is 0 Å². The quantitative estimate of drug-likeness (QED) is 0.590. The lowest BCUT2D eigenvalue weighted by molar-refractivity contribution is 0.176. The maximum atomic E-state index is 5.30. The SMILES string of the molecule is CC(C)O/C=C1\CCCN1. The average molecular weight is 141 g/mol. The third-order valence-corrected chi connectivity index (χ3v) is 1.46. The number of hydrogen-bond donors (Lipinski definition) is 1. The molecule has 1 fully saturated rings. The van der Waals surface area contributed by atoms with Crippen LogP contribution in [-0.4, -0.2) is 12.6 Å². The van der Waals surface area contributed by atoms with Crippen LogP contribution in [0.25, 0.3) is 0 Å². The average Bonchev–Trinajstić information content (AvgIpc) is 2.34. The van der Waals surface area contributed by atoms with Gasteiger partial charge in [0, 0.05) is 12.2 Å². The van der Waals surface area contributed by atoms with E-state index in [4.69, 9.17) is 4.74 Å². The van der Waals surface area contributed by atoms with E-state index in [0.29, 0.717) is 6.10 Å². The van der Waals surface area contributed by atoms with Crippen LogP contribution in [0.5, 0.6) is 0 Å². The molecule has 0 atom stereocenters. The van der Waals surface area contributed by atoms with Crippen LogP contribution in [0.4, 0.5) is 0 Å². The van der Waals surface area contributed by atoms with Gasteiger partial charge in [-0.2, -0.15) is 0 Å². The molecule has 2 nitrogen and oxygen atoms in total. The lowest BCUT2D eigenvalue weighted by Crippen LogP contribution is -2.05. The molecule has 1 N–H and O–H groups in total. The van der Waals surface area contributed by atoms with Crippen molar-refractivity contribution in [3.63, 3.8) is 0 Å². The highest BCUT2D eigenvalue weighted by atomic mass is 16.5. The van der Waals surface area contributed by atoms with Gasteiger partial charge in [-0.25, -0.2) is 0 Å². The maximum absolute atomic E-state index is 5.30. The summed E-state index contributed by atoms with van der Waals surface area (Å²) >= 11 is 0. The van der Waals surface area contributed by atoms with Crippen LogP contribution < -0.4 is 5.32 Å². The second-order valence-corrected chi connectivity index (χ2v) is 2.86. The molecule has 1 aliphatic rings. The van der Waals surface area contributed by atoms with Crippen LogP contribution in [0.2, 0.25) is 0 Å². The van der Waals surface area contributed by atoms with Crippen molar-refractivity contribution >= 4 is 0 Å². The van der Waals surface area contributed by atoms with Gasteiger partial charge in [0.15, 0.2) is 0 Å². The first kappa shape index (κ1) is 7.45. The van der Waals surface area contributed by atoms with E-state index in [2.05, 4.69) is 5.32 Å². The minimum Gasteiger partial charge on any atom is -0.497 e. The second-order valence-electron chi connectivity index (χ2n) is 2.86. The molecule has 1 rings (SSSR count). The van der Waals surface area contributed by atoms with Crippen LogP contribution in [0.15, 0.2) is 12.0 Å². The molecule has 0 amide bonds. The van der Waals surface area contributed by atoms with E-state index < -0.39 is 0 Å². The summed E-state index contributed by atoms with van der Waals surface area (Å²) in [5, 5.41) is 3.25. The van der Waals surface area contributed by atoms with Crippen molar-refractivity contribution in [3.8, 4) is 0 Å². The minimum absolute atomic E-state index is 0.301. The summed E-state index contributed by atoms with van der Waals surface area (Å²) in [7, 11) is 0. The van der Waals surface area contributed by atoms with Crippen LogP contribution in [-0.2, 0) is 4.74 Å². The van der Waals surface area contributed by atoms with E-state index in [9.17, 15) is 0 Å². The van der Waals surface area contributed by atoms with Gasteiger partial charge in [0.25, 0.3) is 0 Å². The van der Waals surface area contributed by atoms with E-state index in [1.807, 2.05) is 20.1 Å². The Kier molecular flexibility index (Phi) is 2.60. The molecule has 1 aliphatic heterocycles. The van der Waals surface area contributed by atoms with E-state index in [1.165, 1.54) is 12.1 Å². The van der Waals surface area contributed by atoms with Crippen LogP contribution in [0.1, 0.15) is 26.7 Å². The predicted octanol–water partition coefficient (Wildman–Crippen LogP) is 1.64. The normalized spacial score (nSPS) is 21.7. The summed E-state index contributed by atoms with van der Waals surface area (Å²) in [4.78, 5) is 0. The molecule has 0 spiro atoms. The van der Waals surface area contributed by atoms with E-state index in [1.54, 1.807) is 0 Å². The number of allylic oxidation sites excluding steroid dienone is 1. The fourth-order valence-electron chi connectivity index (χ4n) is 0.935. The number of hydrogen-bond acceptors (Lipinski definition) is 2. The van der Waals surface area contributed by atoms with Crippen molar-refractivity contribution in [1.29, 1.82) is 0 Å². The lowest BCUT2D eigenvalue weighted by atomic mass is 10.3. The van der Waals surface area contributed by atoms with Crippen LogP contribution >= 0.6 is 0 Å². The molecule has 10 heavy (non-hydrogen) atoms. The molecule has 0 aromatic carbocycles. The molecule has 0 aromatic heterocycles. The topological polar surface area (TPSA) is 21.3 Å². The highest BCUT2D eigenvalue weighted by Crippen LogP contribution is 2.08. The van der Waals surface area contributed by atoms with Gasteiger partial charge >= 0.3 is 0 Å². The van der Waals surface area contributed by atoms with Gasteiger partial charge in [-0.05, 0) is 26.7 Å². The molecule has 1 heterocycles. The Morgan fingerprint density at radius 1 is 1.60 bits per heavy atom. The number of ether oxygens (including phenoxy) is 1. The Bertz CT molecular complexity index is 121. The standard InChI is InChI=1S/C8H15NO/c1-7(2)10-6-8-4-3-5-9-8/h6-7,9H,3-5H2,1-2H3/b8-6+. The first-order chi connectivity index (χ1) is 4.79. The monoisotopic (exact) mass is 141 g/mol. The molecule has 0 aliphatic carbocycles. The first-order valence-corrected chi connectivity index (χ1v) is 3.87. The zero-order valence-electron chi connectivity index (χ0n) is 6.68. The maximum Gasteiger partial charge on any atom is 0.102 e. The van der Waals surface area contributed by atoms with Gasteiger partial charge in [-0.3, -0.25) is 0 Å². The van der Waals surface area contributed by atoms with Crippen molar-refractivity contribution in [2.24, 2.45) is 0 Å². The number of nitrogens with one attached hydrogen (secondary N) is 1. The summed E-state index contributed by atoms with van der Waals surface area (Å²) in [5.41, 5.74) is 1.24. The predicted molar refractivity (Wildman–Crippen MR) is 41.5 cm³/mol. The largest absolute Gasteiger partial charge is 0.497 e. The Morgan fingerprint density at radius 2 is 2.40 bits per heavy atom. The molecule has 1 saturated heterocycles. The van der Waals surface area contributed by atoms with Crippen molar-refractivity contribution in [3.05, 3.63) is 12.0 Å². The van der Waals surface area contributed by atoms with Gasteiger partial charge in [0.2, 0.25) is 0 Å². The van der Waals surface area contributed by atoms with E-state index >= 15 is 0 Å². The van der Waals surface area contributed by atoms with Crippen molar-refractivity contribution in [2.45, 2.75) is 32.8 Å². The molecular weight excluding hydrogens is 126 g/mol. The molecular formula is C8H15NO. The fraction of sp³-hybridized carbons (Fsp3) is 0.750. The zero-order chi connectivity index (χ0) is 7.40. The molecule has 58 valence electrons. The molecule has 0 radical (unpaired) electrons. The molecule has 0 saturated carbocycles. The Hall–Kier alpha value is -0.660. The lowest BCUT2D eigenvalue weighted by Gasteiger charge is -2.05. The Labute approximate surface area is 62.3 Å². The van der Waals surface area contributed by atoms with Crippen molar-refractivity contribution in [2.75, 3.05) is 6.54 Å². The van der Waals surface area contributed by atoms with Gasteiger partial charge < -0.3 is 10.1 Å². The van der Waals surface area contributed by atoms with Gasteiger partial charge in [0.05, 0.1) is 6.10 Å². The minimum atomic E-state index is 0.301. The third kappa shape index (κ3) is 2.29. The summed E-state index contributed by atoms with van der Waals surface area (Å²) in [6, 6.07) is 0. The third-order valence-electron chi connectivity index (χ3n) is 1.46. The number of rotatable bonds is 2. The summed E-state index contributed by atoms with van der Waals surface area (Å²) in [6.45, 7) is 5.17. The van der Waals surface area contributed by atoms with Gasteiger partial charge in [0.1, 0.15) is 6.26 Å². The van der Waals surface area contributed by atoms with Crippen LogP contribution in [0, 0.1) is 0 Å². The fourth-order valence-corrected chi connectivity index (χ4v) is 0.935. The summed E-state index contributed by atoms with van der Waals surface area (Å²) in [6.07, 6.45) is 4.53. The smallest absolute Gasteiger partial charge is 0.102 e. The van der Waals surface area contributed by atoms with Crippen LogP contribution in [0.3, 0.4) is 0 Å². The van der Waals surface area contributed by atoms with E-state index in [0.717, 1.165) is 13.0 Å². The highest BCUT2D eigenvalue weighted by Gasteiger charge is 2.04. The summed E-state index contributed by atoms with van der Waals surface area (Å²) < 4.78 is 5.30. The molecule has 0 bridgehead atoms. The first-order valence-electron chi connectivity index (χ1n) is 3.87. The van der Waals surface area contributed by atoms with Crippen molar-refractivity contribution < 1.29 is 4.74 Å². The second kappa shape index (κ2) is 3.49. The summed E-state index contributed by atoms with van der Waals surface area (Å²) in [5.74, 6) is 0. The highest BCUT2D eigenvalue weighted by molar-refractivity contribution is 4.99. The molecule has 0 aromatic rings. The zero-order valence-corrected chi connectivity index (χ0v) is 6.68.